The molecule has 1 N–H and O–H groups in total. The van der Waals surface area contributed by atoms with Crippen molar-refractivity contribution in [3.63, 3.8) is 0 Å². The zero-order chi connectivity index (χ0) is 22.5. The van der Waals surface area contributed by atoms with Gasteiger partial charge in [0.2, 0.25) is 0 Å². The number of rotatable bonds is 4. The zero-order valence-electron chi connectivity index (χ0n) is 17.6. The second kappa shape index (κ2) is 7.68. The van der Waals surface area contributed by atoms with E-state index in [-0.39, 0.29) is 17.7 Å². The minimum absolute atomic E-state index is 0.0796. The Hall–Kier alpha value is -3.76. The van der Waals surface area contributed by atoms with Crippen molar-refractivity contribution >= 4 is 34.1 Å². The van der Waals surface area contributed by atoms with Gasteiger partial charge in [0.15, 0.2) is 17.3 Å². The SMILES string of the molecule is CO[C@@H]1C[C@@H](c2nn3ccc(Cl)c3c(=O)n2-c2ccccc2)N(c2ncnc3[nH]cnc23)C1. The number of methoxy groups -OCH3 is 1. The smallest absolute Gasteiger partial charge is 0.284 e. The molecule has 0 spiro atoms. The number of hydrogen-bond acceptors (Lipinski definition) is 7. The summed E-state index contributed by atoms with van der Waals surface area (Å²) in [7, 11) is 1.68. The maximum absolute atomic E-state index is 13.7. The van der Waals surface area contributed by atoms with Gasteiger partial charge in [0, 0.05) is 26.3 Å². The molecule has 0 aliphatic carbocycles. The highest BCUT2D eigenvalue weighted by atomic mass is 35.5. The summed E-state index contributed by atoms with van der Waals surface area (Å²) >= 11 is 6.34. The van der Waals surface area contributed by atoms with E-state index in [9.17, 15) is 4.79 Å². The number of fused-ring (bicyclic) bond motifs is 2. The van der Waals surface area contributed by atoms with E-state index in [1.165, 1.54) is 6.33 Å². The highest BCUT2D eigenvalue weighted by Crippen LogP contribution is 2.38. The summed E-state index contributed by atoms with van der Waals surface area (Å²) in [5.74, 6) is 1.22. The first-order valence-corrected chi connectivity index (χ1v) is 10.8. The fourth-order valence-electron chi connectivity index (χ4n) is 4.50. The molecular formula is C22H19ClN8O2. The Morgan fingerprint density at radius 1 is 1.15 bits per heavy atom. The summed E-state index contributed by atoms with van der Waals surface area (Å²) in [6, 6.07) is 10.8. The number of nitrogens with zero attached hydrogens (tertiary/aromatic N) is 7. The lowest BCUT2D eigenvalue weighted by atomic mass is 10.1. The number of imidazole rings is 1. The largest absolute Gasteiger partial charge is 0.380 e. The standard InChI is InChI=1S/C22H19ClN8O2/c1-33-14-9-16(29(10-14)21-17-19(25-11-24-17)26-12-27-21)20-28-30-8-7-15(23)18(30)22(32)31(20)13-5-3-2-4-6-13/h2-8,11-12,14,16H,9-10H2,1H3,(H,24,25,26,27)/t14-,16+/m1/s1. The van der Waals surface area contributed by atoms with Crippen LogP contribution in [0.25, 0.3) is 22.4 Å². The van der Waals surface area contributed by atoms with Crippen LogP contribution < -0.4 is 10.5 Å². The Kier molecular flexibility index (Phi) is 4.63. The van der Waals surface area contributed by atoms with Crippen LogP contribution in [0.4, 0.5) is 5.82 Å². The van der Waals surface area contributed by atoms with Crippen molar-refractivity contribution in [3.05, 3.63) is 76.5 Å². The average molecular weight is 463 g/mol. The van der Waals surface area contributed by atoms with Crippen LogP contribution in [0.1, 0.15) is 18.3 Å². The summed E-state index contributed by atoms with van der Waals surface area (Å²) in [5.41, 5.74) is 2.08. The second-order valence-corrected chi connectivity index (χ2v) is 8.26. The van der Waals surface area contributed by atoms with Crippen molar-refractivity contribution in [1.82, 2.24) is 34.1 Å². The average Bonchev–Trinajstić information content (AvgIpc) is 3.57. The van der Waals surface area contributed by atoms with Crippen molar-refractivity contribution in [2.75, 3.05) is 18.6 Å². The Bertz CT molecular complexity index is 1530. The highest BCUT2D eigenvalue weighted by Gasteiger charge is 2.39. The van der Waals surface area contributed by atoms with Gasteiger partial charge in [-0.3, -0.25) is 9.36 Å². The molecule has 5 aromatic rings. The van der Waals surface area contributed by atoms with Crippen LogP contribution >= 0.6 is 11.6 Å². The van der Waals surface area contributed by atoms with Gasteiger partial charge >= 0.3 is 0 Å². The third kappa shape index (κ3) is 3.10. The van der Waals surface area contributed by atoms with E-state index in [0.29, 0.717) is 52.0 Å². The number of benzene rings is 1. The van der Waals surface area contributed by atoms with E-state index < -0.39 is 0 Å². The van der Waals surface area contributed by atoms with Gasteiger partial charge in [-0.05, 0) is 18.2 Å². The predicted molar refractivity (Wildman–Crippen MR) is 123 cm³/mol. The quantitative estimate of drug-likeness (QED) is 0.437. The topological polar surface area (TPSA) is 106 Å². The number of anilines is 1. The first-order valence-electron chi connectivity index (χ1n) is 10.4. The van der Waals surface area contributed by atoms with Crippen LogP contribution in [0.5, 0.6) is 0 Å². The van der Waals surface area contributed by atoms with Crippen LogP contribution in [-0.2, 0) is 4.74 Å². The minimum Gasteiger partial charge on any atom is -0.380 e. The molecule has 166 valence electrons. The van der Waals surface area contributed by atoms with Crippen molar-refractivity contribution in [2.45, 2.75) is 18.6 Å². The highest BCUT2D eigenvalue weighted by molar-refractivity contribution is 6.33. The lowest BCUT2D eigenvalue weighted by molar-refractivity contribution is 0.118. The van der Waals surface area contributed by atoms with Gasteiger partial charge in [-0.25, -0.2) is 19.5 Å². The van der Waals surface area contributed by atoms with Crippen LogP contribution in [0.15, 0.2) is 60.0 Å². The number of para-hydroxylation sites is 1. The number of ether oxygens (including phenoxy) is 1. The van der Waals surface area contributed by atoms with Crippen molar-refractivity contribution in [1.29, 1.82) is 0 Å². The number of hydrogen-bond donors (Lipinski definition) is 1. The second-order valence-electron chi connectivity index (χ2n) is 7.85. The summed E-state index contributed by atoms with van der Waals surface area (Å²) < 4.78 is 8.89. The lowest BCUT2D eigenvalue weighted by Crippen LogP contribution is -2.33. The van der Waals surface area contributed by atoms with Gasteiger partial charge in [0.25, 0.3) is 5.56 Å². The Morgan fingerprint density at radius 3 is 2.82 bits per heavy atom. The van der Waals surface area contributed by atoms with Crippen LogP contribution in [0.2, 0.25) is 5.02 Å². The van der Waals surface area contributed by atoms with E-state index in [4.69, 9.17) is 21.4 Å². The fraction of sp³-hybridized carbons (Fsp3) is 0.227. The molecule has 1 saturated heterocycles. The van der Waals surface area contributed by atoms with Gasteiger partial charge in [-0.1, -0.05) is 29.8 Å². The molecule has 1 aliphatic rings. The Labute approximate surface area is 192 Å². The van der Waals surface area contributed by atoms with Crippen LogP contribution in [0.3, 0.4) is 0 Å². The third-order valence-electron chi connectivity index (χ3n) is 6.04. The lowest BCUT2D eigenvalue weighted by Gasteiger charge is -2.27. The molecule has 0 saturated carbocycles. The third-order valence-corrected chi connectivity index (χ3v) is 6.35. The molecule has 11 heteroatoms. The number of halogens is 1. The van der Waals surface area contributed by atoms with Gasteiger partial charge < -0.3 is 14.6 Å². The molecular weight excluding hydrogens is 444 g/mol. The fourth-order valence-corrected chi connectivity index (χ4v) is 4.72. The molecule has 5 heterocycles. The maximum atomic E-state index is 13.7. The van der Waals surface area contributed by atoms with E-state index in [2.05, 4.69) is 24.8 Å². The Morgan fingerprint density at radius 2 is 2.00 bits per heavy atom. The summed E-state index contributed by atoms with van der Waals surface area (Å²) in [6.07, 6.45) is 5.32. The minimum atomic E-state index is -0.303. The number of nitrogens with one attached hydrogen (secondary N) is 1. The molecule has 1 fully saturated rings. The van der Waals surface area contributed by atoms with Gasteiger partial charge in [0.1, 0.15) is 17.4 Å². The van der Waals surface area contributed by atoms with Crippen LogP contribution in [-0.4, -0.2) is 53.9 Å². The first kappa shape index (κ1) is 19.9. The first-order chi connectivity index (χ1) is 16.2. The molecule has 0 bridgehead atoms. The number of H-pyrrole nitrogens is 1. The molecule has 0 radical (unpaired) electrons. The molecule has 2 atom stereocenters. The Balaban J connectivity index is 1.61. The van der Waals surface area contributed by atoms with Gasteiger partial charge in [-0.15, -0.1) is 0 Å². The maximum Gasteiger partial charge on any atom is 0.284 e. The molecule has 0 unspecified atom stereocenters. The van der Waals surface area contributed by atoms with E-state index in [0.717, 1.165) is 0 Å². The number of aromatic amines is 1. The molecule has 1 aliphatic heterocycles. The van der Waals surface area contributed by atoms with Crippen molar-refractivity contribution < 1.29 is 4.74 Å². The van der Waals surface area contributed by atoms with E-state index in [1.54, 1.807) is 34.8 Å². The molecule has 0 amide bonds. The molecule has 10 nitrogen and oxygen atoms in total. The molecule has 4 aromatic heterocycles. The normalized spacial score (nSPS) is 18.5. The van der Waals surface area contributed by atoms with Crippen molar-refractivity contribution in [3.8, 4) is 5.69 Å². The molecule has 6 rings (SSSR count). The molecule has 1 aromatic carbocycles. The van der Waals surface area contributed by atoms with E-state index in [1.807, 2.05) is 30.3 Å². The number of aromatic nitrogens is 7. The molecule has 33 heavy (non-hydrogen) atoms. The van der Waals surface area contributed by atoms with Gasteiger partial charge in [0.05, 0.1) is 29.2 Å². The van der Waals surface area contributed by atoms with E-state index >= 15 is 0 Å². The van der Waals surface area contributed by atoms with Crippen molar-refractivity contribution in [2.24, 2.45) is 0 Å². The summed E-state index contributed by atoms with van der Waals surface area (Å²) in [5, 5.41) is 5.21. The predicted octanol–water partition coefficient (Wildman–Crippen LogP) is 2.77. The summed E-state index contributed by atoms with van der Waals surface area (Å²) in [6.45, 7) is 0.565. The van der Waals surface area contributed by atoms with Crippen LogP contribution in [0, 0.1) is 0 Å². The zero-order valence-corrected chi connectivity index (χ0v) is 18.3. The van der Waals surface area contributed by atoms with Gasteiger partial charge in [-0.2, -0.15) is 5.10 Å². The summed E-state index contributed by atoms with van der Waals surface area (Å²) in [4.78, 5) is 32.0. The monoisotopic (exact) mass is 462 g/mol.